The second-order valence-electron chi connectivity index (χ2n) is 7.27. The summed E-state index contributed by atoms with van der Waals surface area (Å²) in [4.78, 5) is 25.8. The van der Waals surface area contributed by atoms with E-state index in [4.69, 9.17) is 11.6 Å². The Morgan fingerprint density at radius 3 is 2.43 bits per heavy atom. The molecule has 0 radical (unpaired) electrons. The van der Waals surface area contributed by atoms with Gasteiger partial charge in [-0.05, 0) is 54.3 Å². The highest BCUT2D eigenvalue weighted by molar-refractivity contribution is 6.30. The molecule has 5 nitrogen and oxygen atoms in total. The average molecular weight is 397 g/mol. The number of rotatable bonds is 3. The second-order valence-corrected chi connectivity index (χ2v) is 7.71. The molecule has 144 valence electrons. The highest BCUT2D eigenvalue weighted by Crippen LogP contribution is 2.45. The van der Waals surface area contributed by atoms with Crippen molar-refractivity contribution in [2.24, 2.45) is 0 Å². The van der Waals surface area contributed by atoms with Crippen molar-refractivity contribution in [3.8, 4) is 11.1 Å². The Bertz CT molecular complexity index is 1130. The number of aromatic nitrogens is 1. The van der Waals surface area contributed by atoms with Crippen LogP contribution in [0.25, 0.3) is 22.0 Å². The number of hydrogen-bond donors (Lipinski definition) is 1. The van der Waals surface area contributed by atoms with Crippen molar-refractivity contribution in [2.75, 3.05) is 11.4 Å². The van der Waals surface area contributed by atoms with Crippen molar-refractivity contribution in [3.05, 3.63) is 52.2 Å². The number of carboxylic acid groups (broad SMARTS) is 1. The summed E-state index contributed by atoms with van der Waals surface area (Å²) in [6.07, 6.45) is -0.108. The third kappa shape index (κ3) is 2.78. The van der Waals surface area contributed by atoms with Crippen LogP contribution in [0.2, 0.25) is 5.02 Å². The molecule has 0 saturated carbocycles. The van der Waals surface area contributed by atoms with E-state index in [0.717, 1.165) is 51.1 Å². The maximum atomic E-state index is 12.3. The molecule has 2 heterocycles. The average Bonchev–Trinajstić information content (AvgIpc) is 2.97. The van der Waals surface area contributed by atoms with Crippen LogP contribution in [0.15, 0.2) is 30.3 Å². The molecule has 1 aromatic heterocycles. The summed E-state index contributed by atoms with van der Waals surface area (Å²) >= 11 is 6.07. The van der Waals surface area contributed by atoms with Crippen molar-refractivity contribution >= 4 is 40.1 Å². The number of amides is 1. The minimum Gasteiger partial charge on any atom is -0.481 e. The number of anilines is 1. The molecule has 4 rings (SSSR count). The molecule has 6 heteroatoms. The maximum absolute atomic E-state index is 12.3. The number of carbonyl (C=O) groups is 2. The van der Waals surface area contributed by atoms with Gasteiger partial charge in [-0.25, -0.2) is 0 Å². The normalized spacial score (nSPS) is 13.2. The molecule has 1 amide bonds. The van der Waals surface area contributed by atoms with Crippen molar-refractivity contribution in [1.82, 2.24) is 4.57 Å². The molecule has 0 bridgehead atoms. The predicted octanol–water partition coefficient (Wildman–Crippen LogP) is 4.57. The van der Waals surface area contributed by atoms with E-state index >= 15 is 0 Å². The van der Waals surface area contributed by atoms with E-state index in [2.05, 4.69) is 10.6 Å². The molecular weight excluding hydrogens is 376 g/mol. The zero-order valence-corrected chi connectivity index (χ0v) is 16.8. The Balaban J connectivity index is 2.16. The Hall–Kier alpha value is -2.79. The van der Waals surface area contributed by atoms with Gasteiger partial charge in [-0.2, -0.15) is 0 Å². The van der Waals surface area contributed by atoms with Crippen LogP contribution < -0.4 is 4.90 Å². The summed E-state index contributed by atoms with van der Waals surface area (Å²) in [6, 6.07) is 9.56. The first-order chi connectivity index (χ1) is 13.3. The van der Waals surface area contributed by atoms with E-state index < -0.39 is 5.97 Å². The van der Waals surface area contributed by atoms with Crippen molar-refractivity contribution < 1.29 is 14.7 Å². The van der Waals surface area contributed by atoms with Gasteiger partial charge >= 0.3 is 5.97 Å². The molecule has 0 unspecified atom stereocenters. The van der Waals surface area contributed by atoms with Gasteiger partial charge in [0.2, 0.25) is 5.91 Å². The number of halogens is 1. The number of hydrogen-bond acceptors (Lipinski definition) is 2. The van der Waals surface area contributed by atoms with Gasteiger partial charge < -0.3 is 14.6 Å². The highest BCUT2D eigenvalue weighted by Gasteiger charge is 2.30. The molecular formula is C22H21ClN2O3. The molecule has 1 aliphatic rings. The lowest BCUT2D eigenvalue weighted by atomic mass is 9.88. The third-order valence-corrected chi connectivity index (χ3v) is 5.82. The van der Waals surface area contributed by atoms with Gasteiger partial charge in [0.1, 0.15) is 0 Å². The fraction of sp³-hybridized carbons (Fsp3) is 0.273. The number of carboxylic acids is 1. The molecule has 0 aliphatic carbocycles. The van der Waals surface area contributed by atoms with Gasteiger partial charge in [-0.1, -0.05) is 23.7 Å². The molecule has 28 heavy (non-hydrogen) atoms. The van der Waals surface area contributed by atoms with Gasteiger partial charge in [0, 0.05) is 36.1 Å². The lowest BCUT2D eigenvalue weighted by molar-refractivity contribution is -0.136. The van der Waals surface area contributed by atoms with E-state index in [0.29, 0.717) is 11.6 Å². The van der Waals surface area contributed by atoms with Gasteiger partial charge in [0.25, 0.3) is 0 Å². The Labute approximate surface area is 168 Å². The van der Waals surface area contributed by atoms with Crippen LogP contribution in [0, 0.1) is 13.8 Å². The van der Waals surface area contributed by atoms with Gasteiger partial charge in [0.05, 0.1) is 17.6 Å². The summed E-state index contributed by atoms with van der Waals surface area (Å²) in [5, 5.41) is 11.2. The van der Waals surface area contributed by atoms with Gasteiger partial charge in [-0.15, -0.1) is 0 Å². The summed E-state index contributed by atoms with van der Waals surface area (Å²) in [7, 11) is 0. The van der Waals surface area contributed by atoms with Crippen LogP contribution in [0.3, 0.4) is 0 Å². The number of aliphatic carboxylic acids is 1. The molecule has 0 fully saturated rings. The maximum Gasteiger partial charge on any atom is 0.307 e. The summed E-state index contributed by atoms with van der Waals surface area (Å²) in [5.41, 5.74) is 6.33. The number of benzene rings is 2. The van der Waals surface area contributed by atoms with Crippen LogP contribution in [0.4, 0.5) is 5.69 Å². The van der Waals surface area contributed by atoms with Crippen LogP contribution in [0.1, 0.15) is 23.7 Å². The first-order valence-corrected chi connectivity index (χ1v) is 9.58. The minimum absolute atomic E-state index is 0.0324. The SMILES string of the molecule is CC(=O)N1CCn2c(C)cc3c(-c4ccc(Cl)cc4)c(CC(=O)O)c(C)c1c32. The summed E-state index contributed by atoms with van der Waals surface area (Å²) < 4.78 is 2.22. The van der Waals surface area contributed by atoms with Crippen LogP contribution in [0.5, 0.6) is 0 Å². The van der Waals surface area contributed by atoms with E-state index in [9.17, 15) is 14.7 Å². The van der Waals surface area contributed by atoms with Crippen LogP contribution >= 0.6 is 11.6 Å². The van der Waals surface area contributed by atoms with Crippen LogP contribution in [-0.4, -0.2) is 28.1 Å². The quantitative estimate of drug-likeness (QED) is 0.705. The second kappa shape index (κ2) is 6.67. The van der Waals surface area contributed by atoms with E-state index in [1.54, 1.807) is 11.8 Å². The number of nitrogens with zero attached hydrogens (tertiary/aromatic N) is 2. The smallest absolute Gasteiger partial charge is 0.307 e. The number of aryl methyl sites for hydroxylation is 1. The fourth-order valence-electron chi connectivity index (χ4n) is 4.36. The van der Waals surface area contributed by atoms with Crippen molar-refractivity contribution in [1.29, 1.82) is 0 Å². The van der Waals surface area contributed by atoms with Gasteiger partial charge in [-0.3, -0.25) is 9.59 Å². The third-order valence-electron chi connectivity index (χ3n) is 5.57. The predicted molar refractivity (Wildman–Crippen MR) is 111 cm³/mol. The Morgan fingerprint density at radius 1 is 1.14 bits per heavy atom. The molecule has 0 spiro atoms. The number of carbonyl (C=O) groups excluding carboxylic acids is 1. The molecule has 1 N–H and O–H groups in total. The topological polar surface area (TPSA) is 62.5 Å². The zero-order chi connectivity index (χ0) is 20.2. The summed E-state index contributed by atoms with van der Waals surface area (Å²) in [5.74, 6) is -0.929. The first-order valence-electron chi connectivity index (χ1n) is 9.20. The van der Waals surface area contributed by atoms with Crippen LogP contribution in [-0.2, 0) is 22.6 Å². The van der Waals surface area contributed by atoms with E-state index in [-0.39, 0.29) is 12.3 Å². The Kier molecular flexibility index (Phi) is 4.42. The standard InChI is InChI=1S/C22H21ClN2O3/c1-12-10-18-20(15-4-6-16(23)7-5-15)17(11-19(27)28)13(2)21-22(18)24(12)8-9-25(21)14(3)26/h4-7,10H,8-9,11H2,1-3H3,(H,27,28). The first kappa shape index (κ1) is 18.6. The lowest BCUT2D eigenvalue weighted by Crippen LogP contribution is -2.36. The van der Waals surface area contributed by atoms with E-state index in [1.165, 1.54) is 0 Å². The lowest BCUT2D eigenvalue weighted by Gasteiger charge is -2.32. The highest BCUT2D eigenvalue weighted by atomic mass is 35.5. The minimum atomic E-state index is -0.897. The summed E-state index contributed by atoms with van der Waals surface area (Å²) in [6.45, 7) is 6.83. The Morgan fingerprint density at radius 2 is 1.82 bits per heavy atom. The zero-order valence-electron chi connectivity index (χ0n) is 16.0. The van der Waals surface area contributed by atoms with Crippen molar-refractivity contribution in [3.63, 3.8) is 0 Å². The van der Waals surface area contributed by atoms with E-state index in [1.807, 2.05) is 38.1 Å². The van der Waals surface area contributed by atoms with Crippen molar-refractivity contribution in [2.45, 2.75) is 33.7 Å². The largest absolute Gasteiger partial charge is 0.481 e. The molecule has 0 saturated heterocycles. The van der Waals surface area contributed by atoms with Gasteiger partial charge in [0.15, 0.2) is 0 Å². The molecule has 0 atom stereocenters. The molecule has 1 aliphatic heterocycles. The fourth-order valence-corrected chi connectivity index (χ4v) is 4.48. The molecule has 3 aromatic rings. The monoisotopic (exact) mass is 396 g/mol. The molecule has 2 aromatic carbocycles.